The van der Waals surface area contributed by atoms with Crippen molar-refractivity contribution in [2.75, 3.05) is 13.7 Å². The summed E-state index contributed by atoms with van der Waals surface area (Å²) in [5, 5.41) is 4.25. The van der Waals surface area contributed by atoms with E-state index in [-0.39, 0.29) is 23.9 Å². The number of rotatable bonds is 5. The van der Waals surface area contributed by atoms with Crippen LogP contribution >= 0.6 is 23.7 Å². The average Bonchev–Trinajstić information content (AvgIpc) is 3.32. The zero-order valence-corrected chi connectivity index (χ0v) is 15.3. The first kappa shape index (κ1) is 18.0. The first-order valence-electron chi connectivity index (χ1n) is 7.58. The molecule has 23 heavy (non-hydrogen) atoms. The average molecular weight is 355 g/mol. The molecule has 1 atom stereocenters. The van der Waals surface area contributed by atoms with Crippen molar-refractivity contribution in [3.05, 3.63) is 28.6 Å². The second-order valence-electron chi connectivity index (χ2n) is 6.27. The van der Waals surface area contributed by atoms with Gasteiger partial charge in [-0.05, 0) is 61.8 Å². The molecule has 3 rings (SSSR count). The van der Waals surface area contributed by atoms with E-state index in [0.29, 0.717) is 12.5 Å². The highest BCUT2D eigenvalue weighted by molar-refractivity contribution is 7.21. The summed E-state index contributed by atoms with van der Waals surface area (Å²) in [5.74, 6) is 1.30. The summed E-state index contributed by atoms with van der Waals surface area (Å²) in [7, 11) is 1.65. The van der Waals surface area contributed by atoms with Crippen molar-refractivity contribution in [2.24, 2.45) is 11.7 Å². The van der Waals surface area contributed by atoms with Gasteiger partial charge in [0.15, 0.2) is 0 Å². The van der Waals surface area contributed by atoms with E-state index in [1.54, 1.807) is 7.11 Å². The van der Waals surface area contributed by atoms with Gasteiger partial charge >= 0.3 is 0 Å². The van der Waals surface area contributed by atoms with Crippen LogP contribution in [0.5, 0.6) is 5.75 Å². The normalized spacial score (nSPS) is 16.5. The lowest BCUT2D eigenvalue weighted by molar-refractivity contribution is 0.0901. The molecule has 126 valence electrons. The Balaban J connectivity index is 0.00000192. The highest BCUT2D eigenvalue weighted by Crippen LogP contribution is 2.40. The number of methoxy groups -OCH3 is 1. The lowest BCUT2D eigenvalue weighted by Crippen LogP contribution is -2.53. The van der Waals surface area contributed by atoms with Gasteiger partial charge in [0.2, 0.25) is 0 Å². The van der Waals surface area contributed by atoms with E-state index >= 15 is 0 Å². The van der Waals surface area contributed by atoms with Crippen LogP contribution in [0.2, 0.25) is 0 Å². The number of nitrogens with one attached hydrogen (secondary N) is 1. The van der Waals surface area contributed by atoms with Crippen LogP contribution < -0.4 is 15.8 Å². The van der Waals surface area contributed by atoms with Crippen LogP contribution in [-0.4, -0.2) is 25.1 Å². The lowest BCUT2D eigenvalue weighted by atomic mass is 9.95. The first-order chi connectivity index (χ1) is 10.5. The SMILES string of the molecule is COc1ccc2sc(C(=O)NC(C)(CN)C3CC3)c(C)c2c1.Cl. The number of ether oxygens (including phenoxy) is 1. The molecule has 0 radical (unpaired) electrons. The van der Waals surface area contributed by atoms with Crippen molar-refractivity contribution in [2.45, 2.75) is 32.2 Å². The number of thiophene rings is 1. The van der Waals surface area contributed by atoms with Crippen LogP contribution in [0.3, 0.4) is 0 Å². The van der Waals surface area contributed by atoms with Crippen molar-refractivity contribution in [1.29, 1.82) is 0 Å². The molecule has 3 N–H and O–H groups in total. The molecule has 1 saturated carbocycles. The third-order valence-corrected chi connectivity index (χ3v) is 5.92. The van der Waals surface area contributed by atoms with E-state index in [1.165, 1.54) is 11.3 Å². The molecule has 1 fully saturated rings. The second-order valence-corrected chi connectivity index (χ2v) is 7.32. The molecule has 0 spiro atoms. The van der Waals surface area contributed by atoms with E-state index in [2.05, 4.69) is 5.32 Å². The van der Waals surface area contributed by atoms with Crippen LogP contribution in [0.1, 0.15) is 35.0 Å². The molecule has 0 aliphatic heterocycles. The van der Waals surface area contributed by atoms with Crippen LogP contribution in [0, 0.1) is 12.8 Å². The van der Waals surface area contributed by atoms with Gasteiger partial charge in [0.25, 0.3) is 5.91 Å². The van der Waals surface area contributed by atoms with E-state index in [4.69, 9.17) is 10.5 Å². The molecule has 1 amide bonds. The molecule has 0 bridgehead atoms. The zero-order valence-electron chi connectivity index (χ0n) is 13.6. The molecule has 1 heterocycles. The third kappa shape index (κ3) is 3.32. The fraction of sp³-hybridized carbons (Fsp3) is 0.471. The third-order valence-electron chi connectivity index (χ3n) is 4.65. The standard InChI is InChI=1S/C17H22N2O2S.ClH/c1-10-13-8-12(21-3)6-7-14(13)22-15(10)16(20)19-17(2,9-18)11-4-5-11;/h6-8,11H,4-5,9,18H2,1-3H3,(H,19,20);1H. The minimum Gasteiger partial charge on any atom is -0.497 e. The van der Waals surface area contributed by atoms with Gasteiger partial charge in [0.05, 0.1) is 17.5 Å². The fourth-order valence-electron chi connectivity index (χ4n) is 2.90. The largest absolute Gasteiger partial charge is 0.497 e. The summed E-state index contributed by atoms with van der Waals surface area (Å²) in [6.45, 7) is 4.51. The number of hydrogen-bond donors (Lipinski definition) is 2. The molecule has 2 aromatic rings. The van der Waals surface area contributed by atoms with Crippen LogP contribution in [-0.2, 0) is 0 Å². The van der Waals surface area contributed by atoms with Crippen molar-refractivity contribution in [3.63, 3.8) is 0 Å². The van der Waals surface area contributed by atoms with E-state index in [1.807, 2.05) is 32.0 Å². The summed E-state index contributed by atoms with van der Waals surface area (Å²) >= 11 is 1.53. The number of fused-ring (bicyclic) bond motifs is 1. The molecule has 1 aromatic heterocycles. The van der Waals surface area contributed by atoms with Gasteiger partial charge in [-0.2, -0.15) is 0 Å². The number of aryl methyl sites for hydroxylation is 1. The Bertz CT molecular complexity index is 727. The molecule has 1 aliphatic rings. The Kier molecular flexibility index (Phi) is 5.23. The van der Waals surface area contributed by atoms with Crippen molar-refractivity contribution in [3.8, 4) is 5.75 Å². The maximum atomic E-state index is 12.7. The lowest BCUT2D eigenvalue weighted by Gasteiger charge is -2.29. The molecule has 1 aromatic carbocycles. The van der Waals surface area contributed by atoms with Crippen LogP contribution in [0.25, 0.3) is 10.1 Å². The minimum atomic E-state index is -0.294. The summed E-state index contributed by atoms with van der Waals surface area (Å²) < 4.78 is 6.37. The molecule has 0 saturated heterocycles. The predicted molar refractivity (Wildman–Crippen MR) is 98.0 cm³/mol. The molecule has 1 unspecified atom stereocenters. The van der Waals surface area contributed by atoms with Crippen molar-refractivity contribution >= 4 is 39.7 Å². The smallest absolute Gasteiger partial charge is 0.262 e. The number of carbonyl (C=O) groups is 1. The summed E-state index contributed by atoms with van der Waals surface area (Å²) in [5.41, 5.74) is 6.61. The minimum absolute atomic E-state index is 0. The number of nitrogens with two attached hydrogens (primary N) is 1. The van der Waals surface area contributed by atoms with Crippen LogP contribution in [0.15, 0.2) is 18.2 Å². The Hall–Kier alpha value is -1.30. The van der Waals surface area contributed by atoms with Gasteiger partial charge in [-0.1, -0.05) is 0 Å². The van der Waals surface area contributed by atoms with Crippen molar-refractivity contribution < 1.29 is 9.53 Å². The van der Waals surface area contributed by atoms with E-state index < -0.39 is 0 Å². The van der Waals surface area contributed by atoms with Gasteiger partial charge in [0.1, 0.15) is 5.75 Å². The molecular weight excluding hydrogens is 332 g/mol. The van der Waals surface area contributed by atoms with Gasteiger partial charge in [-0.3, -0.25) is 4.79 Å². The van der Waals surface area contributed by atoms with Gasteiger partial charge in [-0.25, -0.2) is 0 Å². The Morgan fingerprint density at radius 3 is 2.74 bits per heavy atom. The van der Waals surface area contributed by atoms with Crippen LogP contribution in [0.4, 0.5) is 0 Å². The maximum absolute atomic E-state index is 12.7. The molecule has 4 nitrogen and oxygen atoms in total. The highest BCUT2D eigenvalue weighted by Gasteiger charge is 2.42. The Morgan fingerprint density at radius 1 is 1.48 bits per heavy atom. The number of carbonyl (C=O) groups excluding carboxylic acids is 1. The zero-order chi connectivity index (χ0) is 15.9. The highest BCUT2D eigenvalue weighted by atomic mass is 35.5. The number of amides is 1. The van der Waals surface area contributed by atoms with E-state index in [0.717, 1.165) is 39.1 Å². The van der Waals surface area contributed by atoms with Gasteiger partial charge in [-0.15, -0.1) is 23.7 Å². The quantitative estimate of drug-likeness (QED) is 0.863. The monoisotopic (exact) mass is 354 g/mol. The number of hydrogen-bond acceptors (Lipinski definition) is 4. The molecule has 6 heteroatoms. The second kappa shape index (κ2) is 6.67. The molecule has 1 aliphatic carbocycles. The number of halogens is 1. The Morgan fingerprint density at radius 2 is 2.17 bits per heavy atom. The fourth-order valence-corrected chi connectivity index (χ4v) is 3.98. The first-order valence-corrected chi connectivity index (χ1v) is 8.40. The maximum Gasteiger partial charge on any atom is 0.262 e. The van der Waals surface area contributed by atoms with E-state index in [9.17, 15) is 4.79 Å². The summed E-state index contributed by atoms with van der Waals surface area (Å²) in [6.07, 6.45) is 2.30. The van der Waals surface area contributed by atoms with Gasteiger partial charge in [0, 0.05) is 11.2 Å². The van der Waals surface area contributed by atoms with Crippen molar-refractivity contribution in [1.82, 2.24) is 5.32 Å². The predicted octanol–water partition coefficient (Wildman–Crippen LogP) is 3.50. The van der Waals surface area contributed by atoms with Gasteiger partial charge < -0.3 is 15.8 Å². The molecular formula is C17H23ClN2O2S. The number of benzene rings is 1. The topological polar surface area (TPSA) is 64.3 Å². The summed E-state index contributed by atoms with van der Waals surface area (Å²) in [4.78, 5) is 13.5. The Labute approximate surface area is 146 Å². The summed E-state index contributed by atoms with van der Waals surface area (Å²) in [6, 6.07) is 5.92.